The Balaban J connectivity index is 2.51. The van der Waals surface area contributed by atoms with Gasteiger partial charge in [0.1, 0.15) is 18.1 Å². The fraction of sp³-hybridized carbons (Fsp3) is 0.364. The molecule has 0 saturated carbocycles. The third-order valence-electron chi connectivity index (χ3n) is 1.86. The summed E-state index contributed by atoms with van der Waals surface area (Å²) in [6.45, 7) is 2.01. The number of hydrogen-bond acceptors (Lipinski definition) is 2. The first-order valence-electron chi connectivity index (χ1n) is 4.52. The molecule has 1 rings (SSSR count). The molecule has 0 heterocycles. The minimum atomic E-state index is 0.0138. The molecular weight excluding hydrogens is 164 g/mol. The largest absolute Gasteiger partial charge is 0.490 e. The molecule has 0 N–H and O–H groups in total. The quantitative estimate of drug-likeness (QED) is 0.647. The van der Waals surface area contributed by atoms with Gasteiger partial charge in [0.2, 0.25) is 0 Å². The molecule has 0 amide bonds. The Hall–Kier alpha value is -1.31. The van der Waals surface area contributed by atoms with Gasteiger partial charge in [-0.25, -0.2) is 0 Å². The van der Waals surface area contributed by atoms with Gasteiger partial charge in [-0.3, -0.25) is 0 Å². The van der Waals surface area contributed by atoms with Gasteiger partial charge in [0, 0.05) is 6.42 Å². The number of benzene rings is 1. The first-order valence-corrected chi connectivity index (χ1v) is 4.52. The van der Waals surface area contributed by atoms with Crippen LogP contribution >= 0.6 is 0 Å². The molecule has 13 heavy (non-hydrogen) atoms. The number of hydrogen-bond donors (Lipinski definition) is 0. The van der Waals surface area contributed by atoms with Crippen molar-refractivity contribution in [2.75, 3.05) is 0 Å². The standard InChI is InChI=1S/C11H14O2/c1-2-10(8-9-12)13-11-6-4-3-5-7-11/h3-7,9-10H,2,8H2,1H3. The fourth-order valence-electron chi connectivity index (χ4n) is 1.10. The molecule has 0 spiro atoms. The Morgan fingerprint density at radius 3 is 2.62 bits per heavy atom. The van der Waals surface area contributed by atoms with Crippen LogP contribution in [0.3, 0.4) is 0 Å². The molecule has 2 heteroatoms. The van der Waals surface area contributed by atoms with E-state index in [1.807, 2.05) is 37.3 Å². The van der Waals surface area contributed by atoms with Crippen LogP contribution < -0.4 is 4.74 Å². The van der Waals surface area contributed by atoms with Gasteiger partial charge in [-0.2, -0.15) is 0 Å². The summed E-state index contributed by atoms with van der Waals surface area (Å²) in [4.78, 5) is 10.3. The van der Waals surface area contributed by atoms with Crippen LogP contribution in [-0.4, -0.2) is 12.4 Å². The number of ether oxygens (including phenoxy) is 1. The second-order valence-electron chi connectivity index (χ2n) is 2.86. The van der Waals surface area contributed by atoms with Crippen LogP contribution in [0.15, 0.2) is 30.3 Å². The minimum Gasteiger partial charge on any atom is -0.490 e. The fourth-order valence-corrected chi connectivity index (χ4v) is 1.10. The van der Waals surface area contributed by atoms with E-state index in [1.165, 1.54) is 0 Å². The van der Waals surface area contributed by atoms with Crippen LogP contribution in [0.2, 0.25) is 0 Å². The first kappa shape index (κ1) is 9.78. The summed E-state index contributed by atoms with van der Waals surface area (Å²) < 4.78 is 5.57. The number of carbonyl (C=O) groups is 1. The summed E-state index contributed by atoms with van der Waals surface area (Å²) in [6, 6.07) is 9.57. The zero-order valence-electron chi connectivity index (χ0n) is 7.77. The molecule has 2 nitrogen and oxygen atoms in total. The van der Waals surface area contributed by atoms with Crippen molar-refractivity contribution in [2.24, 2.45) is 0 Å². The van der Waals surface area contributed by atoms with Gasteiger partial charge in [0.05, 0.1) is 0 Å². The lowest BCUT2D eigenvalue weighted by atomic mass is 10.2. The van der Waals surface area contributed by atoms with Crippen LogP contribution in [0.5, 0.6) is 5.75 Å². The molecule has 70 valence electrons. The lowest BCUT2D eigenvalue weighted by Crippen LogP contribution is -2.15. The summed E-state index contributed by atoms with van der Waals surface area (Å²) >= 11 is 0. The highest BCUT2D eigenvalue weighted by molar-refractivity contribution is 5.50. The topological polar surface area (TPSA) is 26.3 Å². The number of aldehydes is 1. The molecule has 0 saturated heterocycles. The summed E-state index contributed by atoms with van der Waals surface area (Å²) in [5, 5.41) is 0. The van der Waals surface area contributed by atoms with Crippen LogP contribution in [0.4, 0.5) is 0 Å². The SMILES string of the molecule is CCC(CC=O)Oc1ccccc1. The third-order valence-corrected chi connectivity index (χ3v) is 1.86. The zero-order chi connectivity index (χ0) is 9.52. The van der Waals surface area contributed by atoms with Crippen molar-refractivity contribution in [1.29, 1.82) is 0 Å². The normalized spacial score (nSPS) is 12.1. The van der Waals surface area contributed by atoms with Gasteiger partial charge in [-0.1, -0.05) is 25.1 Å². The number of carbonyl (C=O) groups excluding carboxylic acids is 1. The summed E-state index contributed by atoms with van der Waals surface area (Å²) in [7, 11) is 0. The van der Waals surface area contributed by atoms with Gasteiger partial charge in [-0.05, 0) is 18.6 Å². The Morgan fingerprint density at radius 2 is 2.08 bits per heavy atom. The molecule has 1 aromatic rings. The van der Waals surface area contributed by atoms with Crippen molar-refractivity contribution in [3.05, 3.63) is 30.3 Å². The third kappa shape index (κ3) is 3.28. The predicted molar refractivity (Wildman–Crippen MR) is 51.8 cm³/mol. The van der Waals surface area contributed by atoms with Crippen molar-refractivity contribution in [1.82, 2.24) is 0 Å². The zero-order valence-corrected chi connectivity index (χ0v) is 7.77. The number of rotatable bonds is 5. The van der Waals surface area contributed by atoms with E-state index < -0.39 is 0 Å². The Kier molecular flexibility index (Phi) is 4.03. The van der Waals surface area contributed by atoms with E-state index in [2.05, 4.69) is 0 Å². The molecule has 0 aromatic heterocycles. The molecule has 1 atom stereocenters. The monoisotopic (exact) mass is 178 g/mol. The van der Waals surface area contributed by atoms with Gasteiger partial charge in [0.15, 0.2) is 0 Å². The predicted octanol–water partition coefficient (Wildman–Crippen LogP) is 2.43. The maximum absolute atomic E-state index is 10.3. The highest BCUT2D eigenvalue weighted by Gasteiger charge is 2.05. The van der Waals surface area contributed by atoms with E-state index in [4.69, 9.17) is 4.74 Å². The maximum atomic E-state index is 10.3. The van der Waals surface area contributed by atoms with Crippen LogP contribution in [-0.2, 0) is 4.79 Å². The summed E-state index contributed by atoms with van der Waals surface area (Å²) in [5.74, 6) is 0.830. The van der Waals surface area contributed by atoms with Crippen molar-refractivity contribution >= 4 is 6.29 Å². The Bertz CT molecular complexity index is 244. The molecule has 0 radical (unpaired) electrons. The van der Waals surface area contributed by atoms with E-state index in [0.717, 1.165) is 18.5 Å². The molecule has 1 unspecified atom stereocenters. The highest BCUT2D eigenvalue weighted by atomic mass is 16.5. The van der Waals surface area contributed by atoms with E-state index in [1.54, 1.807) is 0 Å². The van der Waals surface area contributed by atoms with Crippen molar-refractivity contribution < 1.29 is 9.53 Å². The molecule has 0 aliphatic heterocycles. The summed E-state index contributed by atoms with van der Waals surface area (Å²) in [5.41, 5.74) is 0. The second kappa shape index (κ2) is 5.36. The van der Waals surface area contributed by atoms with Gasteiger partial charge in [-0.15, -0.1) is 0 Å². The second-order valence-corrected chi connectivity index (χ2v) is 2.86. The molecule has 0 aliphatic rings. The van der Waals surface area contributed by atoms with Crippen molar-refractivity contribution in [3.63, 3.8) is 0 Å². The Labute approximate surface area is 78.5 Å². The van der Waals surface area contributed by atoms with E-state index in [0.29, 0.717) is 6.42 Å². The molecular formula is C11H14O2. The average Bonchev–Trinajstić information content (AvgIpc) is 2.19. The van der Waals surface area contributed by atoms with E-state index >= 15 is 0 Å². The smallest absolute Gasteiger partial charge is 0.123 e. The van der Waals surface area contributed by atoms with Gasteiger partial charge < -0.3 is 9.53 Å². The highest BCUT2D eigenvalue weighted by Crippen LogP contribution is 2.13. The average molecular weight is 178 g/mol. The Morgan fingerprint density at radius 1 is 1.38 bits per heavy atom. The van der Waals surface area contributed by atoms with Crippen molar-refractivity contribution in [3.8, 4) is 5.75 Å². The minimum absolute atomic E-state index is 0.0138. The molecule has 1 aromatic carbocycles. The van der Waals surface area contributed by atoms with Gasteiger partial charge >= 0.3 is 0 Å². The molecule has 0 aliphatic carbocycles. The molecule has 0 bridgehead atoms. The number of para-hydroxylation sites is 1. The maximum Gasteiger partial charge on any atom is 0.123 e. The van der Waals surface area contributed by atoms with Crippen LogP contribution in [0.1, 0.15) is 19.8 Å². The van der Waals surface area contributed by atoms with Gasteiger partial charge in [0.25, 0.3) is 0 Å². The van der Waals surface area contributed by atoms with Crippen LogP contribution in [0, 0.1) is 0 Å². The summed E-state index contributed by atoms with van der Waals surface area (Å²) in [6.07, 6.45) is 2.23. The van der Waals surface area contributed by atoms with E-state index in [9.17, 15) is 4.79 Å². The van der Waals surface area contributed by atoms with Crippen LogP contribution in [0.25, 0.3) is 0 Å². The van der Waals surface area contributed by atoms with Crippen molar-refractivity contribution in [2.45, 2.75) is 25.9 Å². The first-order chi connectivity index (χ1) is 6.36. The lowest BCUT2D eigenvalue weighted by Gasteiger charge is -2.14. The lowest BCUT2D eigenvalue weighted by molar-refractivity contribution is -0.109. The molecule has 0 fully saturated rings. The van der Waals surface area contributed by atoms with E-state index in [-0.39, 0.29) is 6.10 Å².